The molecule has 0 aliphatic rings. The molecule has 0 aliphatic carbocycles. The average Bonchev–Trinajstić information content (AvgIpc) is 2.56. The third-order valence-electron chi connectivity index (χ3n) is 3.09. The Balaban J connectivity index is 2.56. The van der Waals surface area contributed by atoms with Crippen molar-refractivity contribution >= 4 is 5.91 Å². The Kier molecular flexibility index (Phi) is 5.62. The van der Waals surface area contributed by atoms with E-state index in [1.54, 1.807) is 6.92 Å². The third-order valence-corrected chi connectivity index (χ3v) is 3.09. The predicted molar refractivity (Wildman–Crippen MR) is 83.5 cm³/mol. The number of halogens is 2. The second kappa shape index (κ2) is 7.67. The molecule has 0 saturated heterocycles. The lowest BCUT2D eigenvalue weighted by Gasteiger charge is -2.14. The van der Waals surface area contributed by atoms with E-state index in [-0.39, 0.29) is 23.9 Å². The summed E-state index contributed by atoms with van der Waals surface area (Å²) in [6.07, 6.45) is 0.695. The molecule has 0 saturated carbocycles. The van der Waals surface area contributed by atoms with Gasteiger partial charge < -0.3 is 10.1 Å². The fourth-order valence-corrected chi connectivity index (χ4v) is 1.97. The maximum Gasteiger partial charge on any atom is 0.275 e. The molecule has 0 bridgehead atoms. The number of nitrogens with one attached hydrogen (secondary N) is 1. The molecule has 1 aromatic carbocycles. The van der Waals surface area contributed by atoms with Crippen LogP contribution in [0.25, 0.3) is 5.69 Å². The Bertz CT molecular complexity index is 806. The minimum atomic E-state index is -1.08. The van der Waals surface area contributed by atoms with Crippen LogP contribution in [0.15, 0.2) is 29.1 Å². The molecule has 8 heteroatoms. The fraction of sp³-hybridized carbons (Fsp3) is 0.312. The number of benzene rings is 1. The van der Waals surface area contributed by atoms with E-state index in [0.29, 0.717) is 13.0 Å². The van der Waals surface area contributed by atoms with Crippen LogP contribution >= 0.6 is 0 Å². The van der Waals surface area contributed by atoms with Gasteiger partial charge in [-0.15, -0.1) is 0 Å². The van der Waals surface area contributed by atoms with Gasteiger partial charge in [-0.3, -0.25) is 9.59 Å². The number of hydrogen-bond acceptors (Lipinski definition) is 4. The molecule has 2 rings (SSSR count). The molecule has 0 radical (unpaired) electrons. The quantitative estimate of drug-likeness (QED) is 0.876. The van der Waals surface area contributed by atoms with Crippen molar-refractivity contribution in [3.63, 3.8) is 0 Å². The third kappa shape index (κ3) is 3.76. The Hall–Kier alpha value is -2.77. The molecule has 1 N–H and O–H groups in total. The number of carbonyl (C=O) groups is 1. The number of aromatic nitrogens is 2. The van der Waals surface area contributed by atoms with Crippen molar-refractivity contribution < 1.29 is 18.3 Å². The molecule has 0 unspecified atom stereocenters. The molecule has 0 atom stereocenters. The van der Waals surface area contributed by atoms with Crippen molar-refractivity contribution in [3.05, 3.63) is 51.8 Å². The van der Waals surface area contributed by atoms with Crippen LogP contribution in [0.2, 0.25) is 0 Å². The minimum absolute atomic E-state index is 0.0283. The van der Waals surface area contributed by atoms with Crippen LogP contribution in [0.5, 0.6) is 5.88 Å². The summed E-state index contributed by atoms with van der Waals surface area (Å²) in [6.45, 7) is 4.18. The van der Waals surface area contributed by atoms with Crippen LogP contribution in [-0.2, 0) is 0 Å². The van der Waals surface area contributed by atoms with E-state index >= 15 is 0 Å². The zero-order valence-corrected chi connectivity index (χ0v) is 13.3. The fourth-order valence-electron chi connectivity index (χ4n) is 1.97. The van der Waals surface area contributed by atoms with E-state index in [4.69, 9.17) is 4.74 Å². The summed E-state index contributed by atoms with van der Waals surface area (Å²) in [5, 5.41) is 6.51. The molecule has 128 valence electrons. The van der Waals surface area contributed by atoms with Crippen LogP contribution in [0.3, 0.4) is 0 Å². The van der Waals surface area contributed by atoms with E-state index in [9.17, 15) is 18.4 Å². The first-order chi connectivity index (χ1) is 11.5. The Morgan fingerprint density at radius 1 is 1.25 bits per heavy atom. The highest BCUT2D eigenvalue weighted by atomic mass is 19.2. The standard InChI is InChI=1S/C16H17F2N3O3/c1-3-7-19-16(23)15-13(22)9-14(24-4-2)21(20-15)10-5-6-11(17)12(18)8-10/h5-6,8-9H,3-4,7H2,1-2H3,(H,19,23). The van der Waals surface area contributed by atoms with Gasteiger partial charge in [0.2, 0.25) is 11.3 Å². The van der Waals surface area contributed by atoms with E-state index < -0.39 is 23.0 Å². The number of hydrogen-bond donors (Lipinski definition) is 1. The van der Waals surface area contributed by atoms with Gasteiger partial charge in [-0.1, -0.05) is 6.92 Å². The lowest BCUT2D eigenvalue weighted by molar-refractivity contribution is 0.0945. The summed E-state index contributed by atoms with van der Waals surface area (Å²) in [7, 11) is 0. The predicted octanol–water partition coefficient (Wildman–Crippen LogP) is 2.05. The van der Waals surface area contributed by atoms with Gasteiger partial charge in [0.15, 0.2) is 17.3 Å². The smallest absolute Gasteiger partial charge is 0.275 e. The maximum absolute atomic E-state index is 13.5. The highest BCUT2D eigenvalue weighted by Gasteiger charge is 2.17. The molecule has 0 spiro atoms. The molecular weight excluding hydrogens is 320 g/mol. The second-order valence-electron chi connectivity index (χ2n) is 4.89. The number of carbonyl (C=O) groups excluding carboxylic acids is 1. The first-order valence-electron chi connectivity index (χ1n) is 7.48. The van der Waals surface area contributed by atoms with Crippen molar-refractivity contribution in [2.45, 2.75) is 20.3 Å². The molecule has 6 nitrogen and oxygen atoms in total. The Morgan fingerprint density at radius 3 is 2.62 bits per heavy atom. The van der Waals surface area contributed by atoms with Gasteiger partial charge in [0.25, 0.3) is 5.91 Å². The maximum atomic E-state index is 13.5. The number of rotatable bonds is 6. The van der Waals surface area contributed by atoms with Crippen LogP contribution in [0.4, 0.5) is 8.78 Å². The normalized spacial score (nSPS) is 10.5. The monoisotopic (exact) mass is 337 g/mol. The summed E-state index contributed by atoms with van der Waals surface area (Å²) >= 11 is 0. The number of amides is 1. The summed E-state index contributed by atoms with van der Waals surface area (Å²) in [6, 6.07) is 4.20. The van der Waals surface area contributed by atoms with Crippen LogP contribution < -0.4 is 15.5 Å². The molecule has 1 amide bonds. The van der Waals surface area contributed by atoms with Gasteiger partial charge in [-0.2, -0.15) is 5.10 Å². The zero-order chi connectivity index (χ0) is 17.7. The number of ether oxygens (including phenoxy) is 1. The van der Waals surface area contributed by atoms with Gasteiger partial charge in [0.1, 0.15) is 0 Å². The van der Waals surface area contributed by atoms with E-state index in [1.807, 2.05) is 6.92 Å². The molecule has 0 aliphatic heterocycles. The van der Waals surface area contributed by atoms with Crippen LogP contribution in [0.1, 0.15) is 30.8 Å². The largest absolute Gasteiger partial charge is 0.478 e. The van der Waals surface area contributed by atoms with Crippen molar-refractivity contribution in [3.8, 4) is 11.6 Å². The zero-order valence-electron chi connectivity index (χ0n) is 13.3. The lowest BCUT2D eigenvalue weighted by Crippen LogP contribution is -2.32. The van der Waals surface area contributed by atoms with Gasteiger partial charge in [-0.05, 0) is 25.5 Å². The van der Waals surface area contributed by atoms with Crippen molar-refractivity contribution in [1.29, 1.82) is 0 Å². The molecule has 24 heavy (non-hydrogen) atoms. The summed E-state index contributed by atoms with van der Waals surface area (Å²) in [5.74, 6) is -2.70. The lowest BCUT2D eigenvalue weighted by atomic mass is 10.3. The van der Waals surface area contributed by atoms with E-state index in [2.05, 4.69) is 10.4 Å². The Labute approximate surface area is 137 Å². The highest BCUT2D eigenvalue weighted by Crippen LogP contribution is 2.18. The first kappa shape index (κ1) is 17.6. The SMILES string of the molecule is CCCNC(=O)c1nn(-c2ccc(F)c(F)c2)c(OCC)cc1=O. The molecular formula is C16H17F2N3O3. The van der Waals surface area contributed by atoms with Gasteiger partial charge in [0.05, 0.1) is 18.4 Å². The summed E-state index contributed by atoms with van der Waals surface area (Å²) in [4.78, 5) is 24.1. The summed E-state index contributed by atoms with van der Waals surface area (Å²) in [5.41, 5.74) is -0.843. The van der Waals surface area contributed by atoms with E-state index in [0.717, 1.165) is 22.9 Å². The second-order valence-corrected chi connectivity index (χ2v) is 4.89. The molecule has 2 aromatic rings. The van der Waals surface area contributed by atoms with Crippen LogP contribution in [0, 0.1) is 11.6 Å². The number of nitrogens with zero attached hydrogens (tertiary/aromatic N) is 2. The van der Waals surface area contributed by atoms with Gasteiger partial charge in [0, 0.05) is 12.6 Å². The van der Waals surface area contributed by atoms with Crippen LogP contribution in [-0.4, -0.2) is 28.8 Å². The van der Waals surface area contributed by atoms with Gasteiger partial charge in [-0.25, -0.2) is 13.5 Å². The topological polar surface area (TPSA) is 73.2 Å². The van der Waals surface area contributed by atoms with Gasteiger partial charge >= 0.3 is 0 Å². The van der Waals surface area contributed by atoms with Crippen molar-refractivity contribution in [2.75, 3.05) is 13.2 Å². The molecule has 1 heterocycles. The van der Waals surface area contributed by atoms with Crippen molar-refractivity contribution in [2.24, 2.45) is 0 Å². The molecule has 0 fully saturated rings. The molecule has 1 aromatic heterocycles. The highest BCUT2D eigenvalue weighted by molar-refractivity contribution is 5.92. The summed E-state index contributed by atoms with van der Waals surface area (Å²) < 4.78 is 33.0. The Morgan fingerprint density at radius 2 is 2.00 bits per heavy atom. The van der Waals surface area contributed by atoms with E-state index in [1.165, 1.54) is 6.07 Å². The average molecular weight is 337 g/mol. The van der Waals surface area contributed by atoms with Crippen molar-refractivity contribution in [1.82, 2.24) is 15.1 Å². The minimum Gasteiger partial charge on any atom is -0.478 e. The first-order valence-corrected chi connectivity index (χ1v) is 7.48.